The summed E-state index contributed by atoms with van der Waals surface area (Å²) in [5.41, 5.74) is 0.451. The molecule has 0 aliphatic heterocycles. The maximum absolute atomic E-state index is 12.4. The maximum atomic E-state index is 12.4. The predicted octanol–water partition coefficient (Wildman–Crippen LogP) is 2.98. The number of amides is 1. The van der Waals surface area contributed by atoms with E-state index in [0.29, 0.717) is 10.8 Å². The van der Waals surface area contributed by atoms with Crippen LogP contribution in [0.2, 0.25) is 5.02 Å². The maximum Gasteiger partial charge on any atom is 0.371 e. The van der Waals surface area contributed by atoms with Crippen molar-refractivity contribution in [3.8, 4) is 0 Å². The number of rotatable bonds is 5. The number of nitrogens with one attached hydrogen (secondary N) is 1. The van der Waals surface area contributed by atoms with Crippen molar-refractivity contribution in [3.63, 3.8) is 0 Å². The number of carboxylic acid groups (broad SMARTS) is 1. The number of aromatic carboxylic acids is 1. The average Bonchev–Trinajstić information content (AvgIpc) is 3.17. The van der Waals surface area contributed by atoms with E-state index in [1.165, 1.54) is 6.07 Å². The summed E-state index contributed by atoms with van der Waals surface area (Å²) in [4.78, 5) is 23.2. The Kier molecular flexibility index (Phi) is 3.66. The predicted molar refractivity (Wildman–Crippen MR) is 79.9 cm³/mol. The molecule has 0 saturated heterocycles. The first-order chi connectivity index (χ1) is 10.5. The van der Waals surface area contributed by atoms with E-state index in [4.69, 9.17) is 21.1 Å². The Morgan fingerprint density at radius 2 is 1.86 bits per heavy atom. The van der Waals surface area contributed by atoms with Gasteiger partial charge in [-0.25, -0.2) is 4.79 Å². The molecule has 6 heteroatoms. The molecule has 0 radical (unpaired) electrons. The summed E-state index contributed by atoms with van der Waals surface area (Å²) in [5, 5.41) is 12.2. The molecule has 1 aliphatic rings. The minimum Gasteiger partial charge on any atom is -0.475 e. The van der Waals surface area contributed by atoms with Crippen LogP contribution in [0.25, 0.3) is 0 Å². The van der Waals surface area contributed by atoms with Crippen LogP contribution >= 0.6 is 11.6 Å². The second-order valence-corrected chi connectivity index (χ2v) is 5.78. The summed E-state index contributed by atoms with van der Waals surface area (Å²) < 4.78 is 5.12. The first-order valence-electron chi connectivity index (χ1n) is 6.88. The van der Waals surface area contributed by atoms with E-state index in [1.54, 1.807) is 18.2 Å². The summed E-state index contributed by atoms with van der Waals surface area (Å²) >= 11 is 5.87. The number of carboxylic acids is 1. The summed E-state index contributed by atoms with van der Waals surface area (Å²) in [7, 11) is 0. The lowest BCUT2D eigenvalue weighted by molar-refractivity contribution is -0.123. The molecule has 1 amide bonds. The molecule has 2 aromatic rings. The van der Waals surface area contributed by atoms with Gasteiger partial charge in [-0.3, -0.25) is 4.79 Å². The van der Waals surface area contributed by atoms with Crippen LogP contribution in [0.5, 0.6) is 0 Å². The highest BCUT2D eigenvalue weighted by atomic mass is 35.5. The van der Waals surface area contributed by atoms with Gasteiger partial charge in [-0.2, -0.15) is 0 Å². The van der Waals surface area contributed by atoms with E-state index in [2.05, 4.69) is 5.32 Å². The monoisotopic (exact) mass is 319 g/mol. The Morgan fingerprint density at radius 3 is 2.41 bits per heavy atom. The van der Waals surface area contributed by atoms with E-state index in [1.807, 2.05) is 12.1 Å². The first kappa shape index (κ1) is 14.7. The second-order valence-electron chi connectivity index (χ2n) is 5.34. The van der Waals surface area contributed by atoms with Crippen LogP contribution < -0.4 is 5.32 Å². The van der Waals surface area contributed by atoms with Crippen LogP contribution in [0.3, 0.4) is 0 Å². The Labute approximate surface area is 131 Å². The van der Waals surface area contributed by atoms with Crippen molar-refractivity contribution in [3.05, 3.63) is 58.5 Å². The molecule has 1 saturated carbocycles. The van der Waals surface area contributed by atoms with Gasteiger partial charge >= 0.3 is 5.97 Å². The second kappa shape index (κ2) is 5.50. The van der Waals surface area contributed by atoms with Gasteiger partial charge in [0.25, 0.3) is 0 Å². The summed E-state index contributed by atoms with van der Waals surface area (Å²) in [6.07, 6.45) is 1.58. The standard InChI is InChI=1S/C16H14ClNO4/c17-11-3-1-10(2-4-11)16(7-8-16)15(21)18-9-12-5-6-13(22-12)14(19)20/h1-6H,7-9H2,(H,18,21)(H,19,20). The zero-order chi connectivity index (χ0) is 15.7. The molecule has 1 aliphatic carbocycles. The van der Waals surface area contributed by atoms with Gasteiger partial charge in [0, 0.05) is 5.02 Å². The lowest BCUT2D eigenvalue weighted by Gasteiger charge is -2.15. The van der Waals surface area contributed by atoms with Crippen molar-refractivity contribution in [2.75, 3.05) is 0 Å². The number of carbonyl (C=O) groups excluding carboxylic acids is 1. The Morgan fingerprint density at radius 1 is 1.18 bits per heavy atom. The molecule has 5 nitrogen and oxygen atoms in total. The van der Waals surface area contributed by atoms with Crippen molar-refractivity contribution in [2.45, 2.75) is 24.8 Å². The van der Waals surface area contributed by atoms with Gasteiger partial charge < -0.3 is 14.8 Å². The van der Waals surface area contributed by atoms with Gasteiger partial charge in [-0.15, -0.1) is 0 Å². The third kappa shape index (κ3) is 2.72. The third-order valence-electron chi connectivity index (χ3n) is 3.88. The molecule has 1 fully saturated rings. The highest BCUT2D eigenvalue weighted by molar-refractivity contribution is 6.30. The molecular formula is C16H14ClNO4. The zero-order valence-electron chi connectivity index (χ0n) is 11.6. The number of furan rings is 1. The van der Waals surface area contributed by atoms with Crippen molar-refractivity contribution >= 4 is 23.5 Å². The molecule has 3 rings (SSSR count). The average molecular weight is 320 g/mol. The highest BCUT2D eigenvalue weighted by Crippen LogP contribution is 2.48. The summed E-state index contributed by atoms with van der Waals surface area (Å²) in [5.74, 6) is -0.929. The highest BCUT2D eigenvalue weighted by Gasteiger charge is 2.51. The van der Waals surface area contributed by atoms with Gasteiger partial charge in [0.2, 0.25) is 11.7 Å². The molecule has 0 bridgehead atoms. The Balaban J connectivity index is 1.66. The minimum atomic E-state index is -1.13. The number of hydrogen-bond acceptors (Lipinski definition) is 3. The SMILES string of the molecule is O=C(O)c1ccc(CNC(=O)C2(c3ccc(Cl)cc3)CC2)o1. The largest absolute Gasteiger partial charge is 0.475 e. The topological polar surface area (TPSA) is 79.5 Å². The molecule has 0 spiro atoms. The third-order valence-corrected chi connectivity index (χ3v) is 4.13. The molecule has 2 N–H and O–H groups in total. The van der Waals surface area contributed by atoms with Crippen LogP contribution in [0.1, 0.15) is 34.7 Å². The van der Waals surface area contributed by atoms with E-state index in [9.17, 15) is 9.59 Å². The van der Waals surface area contributed by atoms with Crippen LogP contribution in [-0.4, -0.2) is 17.0 Å². The van der Waals surface area contributed by atoms with Gasteiger partial charge in [-0.05, 0) is 42.7 Å². The Bertz CT molecular complexity index is 716. The minimum absolute atomic E-state index is 0.0805. The van der Waals surface area contributed by atoms with E-state index < -0.39 is 11.4 Å². The normalized spacial score (nSPS) is 15.3. The lowest BCUT2D eigenvalue weighted by Crippen LogP contribution is -2.34. The number of halogens is 1. The molecule has 1 heterocycles. The molecule has 0 unspecified atom stereocenters. The van der Waals surface area contributed by atoms with Gasteiger partial charge in [-0.1, -0.05) is 23.7 Å². The molecule has 114 valence electrons. The molecule has 22 heavy (non-hydrogen) atoms. The van der Waals surface area contributed by atoms with Crippen LogP contribution in [0, 0.1) is 0 Å². The van der Waals surface area contributed by atoms with Gasteiger partial charge in [0.15, 0.2) is 0 Å². The van der Waals surface area contributed by atoms with Crippen LogP contribution in [0.15, 0.2) is 40.8 Å². The van der Waals surface area contributed by atoms with Crippen molar-refractivity contribution in [1.29, 1.82) is 0 Å². The van der Waals surface area contributed by atoms with Crippen LogP contribution in [0.4, 0.5) is 0 Å². The summed E-state index contributed by atoms with van der Waals surface area (Å²) in [6.45, 7) is 0.168. The fourth-order valence-electron chi connectivity index (χ4n) is 2.47. The van der Waals surface area contributed by atoms with Crippen molar-refractivity contribution in [1.82, 2.24) is 5.32 Å². The Hall–Kier alpha value is -2.27. The van der Waals surface area contributed by atoms with Crippen LogP contribution in [-0.2, 0) is 16.8 Å². The molecule has 0 atom stereocenters. The fourth-order valence-corrected chi connectivity index (χ4v) is 2.59. The number of benzene rings is 1. The first-order valence-corrected chi connectivity index (χ1v) is 7.25. The number of carbonyl (C=O) groups is 2. The molecule has 1 aromatic carbocycles. The lowest BCUT2D eigenvalue weighted by atomic mass is 9.95. The van der Waals surface area contributed by atoms with Gasteiger partial charge in [0.1, 0.15) is 5.76 Å². The quantitative estimate of drug-likeness (QED) is 0.888. The van der Waals surface area contributed by atoms with Gasteiger partial charge in [0.05, 0.1) is 12.0 Å². The van der Waals surface area contributed by atoms with Crippen molar-refractivity contribution in [2.24, 2.45) is 0 Å². The fraction of sp³-hybridized carbons (Fsp3) is 0.250. The molecular weight excluding hydrogens is 306 g/mol. The molecule has 1 aromatic heterocycles. The van der Waals surface area contributed by atoms with E-state index in [-0.39, 0.29) is 18.2 Å². The van der Waals surface area contributed by atoms with Crippen molar-refractivity contribution < 1.29 is 19.1 Å². The van der Waals surface area contributed by atoms with E-state index in [0.717, 1.165) is 18.4 Å². The number of hydrogen-bond donors (Lipinski definition) is 2. The van der Waals surface area contributed by atoms with E-state index >= 15 is 0 Å². The zero-order valence-corrected chi connectivity index (χ0v) is 12.4. The summed E-state index contributed by atoms with van der Waals surface area (Å²) in [6, 6.07) is 10.2. The smallest absolute Gasteiger partial charge is 0.371 e.